The molecule has 1 aromatic heterocycles. The van der Waals surface area contributed by atoms with Gasteiger partial charge in [-0.2, -0.15) is 0 Å². The topological polar surface area (TPSA) is 80.4 Å². The van der Waals surface area contributed by atoms with Crippen molar-refractivity contribution in [2.24, 2.45) is 12.8 Å². The Morgan fingerprint density at radius 3 is 2.57 bits per heavy atom. The number of rotatable bonds is 5. The maximum atomic E-state index is 12.4. The molecule has 0 bridgehead atoms. The third kappa shape index (κ3) is 3.37. The number of hydrogen-bond acceptors (Lipinski definition) is 4. The van der Waals surface area contributed by atoms with Gasteiger partial charge in [-0.25, -0.2) is 8.42 Å². The molecule has 0 saturated carbocycles. The van der Waals surface area contributed by atoms with Crippen molar-refractivity contribution in [1.82, 2.24) is 4.57 Å². The Kier molecular flexibility index (Phi) is 4.24. The maximum Gasteiger partial charge on any atom is 0.263 e. The molecule has 6 nitrogen and oxygen atoms in total. The van der Waals surface area contributed by atoms with Crippen molar-refractivity contribution in [2.45, 2.75) is 11.4 Å². The molecule has 0 unspecified atom stereocenters. The zero-order chi connectivity index (χ0) is 15.6. The highest BCUT2D eigenvalue weighted by Crippen LogP contribution is 2.21. The number of sulfonamides is 1. The fraction of sp³-hybridized carbons (Fsp3) is 0.286. The van der Waals surface area contributed by atoms with Crippen molar-refractivity contribution >= 4 is 21.4 Å². The highest BCUT2D eigenvalue weighted by molar-refractivity contribution is 7.92. The molecule has 0 aliphatic carbocycles. The highest BCUT2D eigenvalue weighted by atomic mass is 32.2. The molecule has 0 aliphatic rings. The van der Waals surface area contributed by atoms with Crippen LogP contribution in [-0.2, 0) is 23.6 Å². The van der Waals surface area contributed by atoms with Gasteiger partial charge < -0.3 is 15.2 Å². The molecule has 0 amide bonds. The average molecular weight is 308 g/mol. The summed E-state index contributed by atoms with van der Waals surface area (Å²) < 4.78 is 29.1. The fourth-order valence-corrected chi connectivity index (χ4v) is 3.13. The zero-order valence-electron chi connectivity index (χ0n) is 12.4. The molecule has 0 spiro atoms. The van der Waals surface area contributed by atoms with Gasteiger partial charge in [0.05, 0.1) is 5.69 Å². The molecule has 114 valence electrons. The Labute approximate surface area is 125 Å². The van der Waals surface area contributed by atoms with Crippen molar-refractivity contribution in [2.75, 3.05) is 23.7 Å². The second-order valence-corrected chi connectivity index (χ2v) is 6.71. The van der Waals surface area contributed by atoms with Crippen molar-refractivity contribution in [3.8, 4) is 0 Å². The van der Waals surface area contributed by atoms with Gasteiger partial charge in [0.2, 0.25) is 0 Å². The lowest BCUT2D eigenvalue weighted by molar-refractivity contribution is 0.601. The van der Waals surface area contributed by atoms with E-state index in [9.17, 15) is 8.42 Å². The van der Waals surface area contributed by atoms with E-state index in [1.54, 1.807) is 36.0 Å². The van der Waals surface area contributed by atoms with Crippen LogP contribution < -0.4 is 15.4 Å². The van der Waals surface area contributed by atoms with E-state index in [4.69, 9.17) is 5.73 Å². The van der Waals surface area contributed by atoms with Crippen LogP contribution >= 0.6 is 0 Å². The summed E-state index contributed by atoms with van der Waals surface area (Å²) in [6, 6.07) is 8.80. The maximum absolute atomic E-state index is 12.4. The Morgan fingerprint density at radius 1 is 1.29 bits per heavy atom. The molecular weight excluding hydrogens is 288 g/mol. The minimum absolute atomic E-state index is 0.209. The van der Waals surface area contributed by atoms with E-state index in [-0.39, 0.29) is 4.90 Å². The molecule has 2 rings (SSSR count). The first-order valence-electron chi connectivity index (χ1n) is 6.49. The summed E-state index contributed by atoms with van der Waals surface area (Å²) in [6.45, 7) is 0.294. The Bertz CT molecular complexity index is 735. The molecule has 7 heteroatoms. The van der Waals surface area contributed by atoms with Crippen LogP contribution in [0.25, 0.3) is 0 Å². The summed E-state index contributed by atoms with van der Waals surface area (Å²) in [5.74, 6) is 0. The number of nitrogens with two attached hydrogens (primary N) is 1. The first-order chi connectivity index (χ1) is 9.83. The van der Waals surface area contributed by atoms with E-state index >= 15 is 0 Å². The highest BCUT2D eigenvalue weighted by Gasteiger charge is 2.17. The van der Waals surface area contributed by atoms with E-state index in [0.29, 0.717) is 12.2 Å². The van der Waals surface area contributed by atoms with Gasteiger partial charge in [0, 0.05) is 45.3 Å². The Balaban J connectivity index is 2.30. The number of nitrogens with zero attached hydrogens (tertiary/aromatic N) is 2. The molecule has 21 heavy (non-hydrogen) atoms. The quantitative estimate of drug-likeness (QED) is 0.874. The summed E-state index contributed by atoms with van der Waals surface area (Å²) in [7, 11) is 1.96. The summed E-state index contributed by atoms with van der Waals surface area (Å²) in [5.41, 5.74) is 7.78. The monoisotopic (exact) mass is 308 g/mol. The fourth-order valence-electron chi connectivity index (χ4n) is 1.99. The van der Waals surface area contributed by atoms with E-state index in [2.05, 4.69) is 4.72 Å². The van der Waals surface area contributed by atoms with Crippen LogP contribution in [0.1, 0.15) is 5.69 Å². The van der Waals surface area contributed by atoms with Gasteiger partial charge in [0.15, 0.2) is 0 Å². The molecule has 2 aromatic rings. The van der Waals surface area contributed by atoms with Crippen LogP contribution in [0.5, 0.6) is 0 Å². The van der Waals surface area contributed by atoms with Crippen LogP contribution in [0, 0.1) is 0 Å². The van der Waals surface area contributed by atoms with Gasteiger partial charge in [0.25, 0.3) is 10.0 Å². The number of anilines is 2. The number of hydrogen-bond donors (Lipinski definition) is 2. The normalized spacial score (nSPS) is 11.4. The van der Waals surface area contributed by atoms with E-state index < -0.39 is 10.0 Å². The standard InChI is InChI=1S/C14H20N4O2S/c1-17(2)12-6-4-5-11(7-12)16-21(19,20)14-8-13(9-15)18(3)10-14/h4-8,10,16H,9,15H2,1-3H3. The molecule has 1 heterocycles. The lowest BCUT2D eigenvalue weighted by atomic mass is 10.3. The number of benzene rings is 1. The molecule has 3 N–H and O–H groups in total. The van der Waals surface area contributed by atoms with Gasteiger partial charge in [-0.1, -0.05) is 6.07 Å². The van der Waals surface area contributed by atoms with E-state index in [1.807, 2.05) is 31.1 Å². The first kappa shape index (κ1) is 15.4. The Morgan fingerprint density at radius 2 is 2.00 bits per heavy atom. The molecule has 0 fully saturated rings. The summed E-state index contributed by atoms with van der Waals surface area (Å²) in [5, 5.41) is 0. The second-order valence-electron chi connectivity index (χ2n) is 5.03. The molecule has 0 saturated heterocycles. The minimum Gasteiger partial charge on any atom is -0.378 e. The van der Waals surface area contributed by atoms with Crippen molar-refractivity contribution < 1.29 is 8.42 Å². The summed E-state index contributed by atoms with van der Waals surface area (Å²) >= 11 is 0. The average Bonchev–Trinajstić information content (AvgIpc) is 2.80. The molecule has 0 radical (unpaired) electrons. The predicted octanol–water partition coefficient (Wildman–Crippen LogP) is 1.35. The third-order valence-corrected chi connectivity index (χ3v) is 4.57. The van der Waals surface area contributed by atoms with Gasteiger partial charge in [-0.15, -0.1) is 0 Å². The lowest BCUT2D eigenvalue weighted by Crippen LogP contribution is -2.13. The second kappa shape index (κ2) is 5.79. The van der Waals surface area contributed by atoms with Gasteiger partial charge >= 0.3 is 0 Å². The van der Waals surface area contributed by atoms with Gasteiger partial charge in [-0.3, -0.25) is 4.72 Å². The number of nitrogens with one attached hydrogen (secondary N) is 1. The predicted molar refractivity (Wildman–Crippen MR) is 84.9 cm³/mol. The van der Waals surface area contributed by atoms with Crippen LogP contribution in [0.2, 0.25) is 0 Å². The molecule has 0 atom stereocenters. The molecule has 1 aromatic carbocycles. The first-order valence-corrected chi connectivity index (χ1v) is 7.97. The van der Waals surface area contributed by atoms with Crippen LogP contribution in [0.4, 0.5) is 11.4 Å². The minimum atomic E-state index is -3.61. The van der Waals surface area contributed by atoms with E-state index in [0.717, 1.165) is 11.4 Å². The van der Waals surface area contributed by atoms with Crippen molar-refractivity contribution in [3.05, 3.63) is 42.2 Å². The lowest BCUT2D eigenvalue weighted by Gasteiger charge is -2.14. The van der Waals surface area contributed by atoms with Gasteiger partial charge in [0.1, 0.15) is 4.90 Å². The van der Waals surface area contributed by atoms with Crippen molar-refractivity contribution in [1.29, 1.82) is 0 Å². The number of aromatic nitrogens is 1. The SMILES string of the molecule is CN(C)c1cccc(NS(=O)(=O)c2cc(CN)n(C)c2)c1. The van der Waals surface area contributed by atoms with Crippen LogP contribution in [0.3, 0.4) is 0 Å². The van der Waals surface area contributed by atoms with Crippen LogP contribution in [0.15, 0.2) is 41.4 Å². The Hall–Kier alpha value is -1.99. The summed E-state index contributed by atoms with van der Waals surface area (Å²) in [4.78, 5) is 2.12. The van der Waals surface area contributed by atoms with Crippen molar-refractivity contribution in [3.63, 3.8) is 0 Å². The summed E-state index contributed by atoms with van der Waals surface area (Å²) in [6.07, 6.45) is 1.56. The molecule has 0 aliphatic heterocycles. The smallest absolute Gasteiger partial charge is 0.263 e. The van der Waals surface area contributed by atoms with E-state index in [1.165, 1.54) is 0 Å². The number of aryl methyl sites for hydroxylation is 1. The third-order valence-electron chi connectivity index (χ3n) is 3.22. The van der Waals surface area contributed by atoms with Crippen LogP contribution in [-0.4, -0.2) is 27.1 Å². The largest absolute Gasteiger partial charge is 0.378 e. The zero-order valence-corrected chi connectivity index (χ0v) is 13.2. The molecular formula is C14H20N4O2S. The van der Waals surface area contributed by atoms with Gasteiger partial charge in [-0.05, 0) is 24.3 Å².